The number of amides is 2. The highest BCUT2D eigenvalue weighted by molar-refractivity contribution is 5.82. The van der Waals surface area contributed by atoms with Crippen molar-refractivity contribution in [2.75, 3.05) is 13.1 Å². The second kappa shape index (κ2) is 13.2. The Bertz CT molecular complexity index is 1530. The maximum absolute atomic E-state index is 12.9. The van der Waals surface area contributed by atoms with Crippen molar-refractivity contribution in [2.45, 2.75) is 77.7 Å². The molecule has 0 aliphatic carbocycles. The summed E-state index contributed by atoms with van der Waals surface area (Å²) in [6.07, 6.45) is 5.03. The van der Waals surface area contributed by atoms with E-state index in [0.29, 0.717) is 13.1 Å². The molecule has 2 amide bonds. The summed E-state index contributed by atoms with van der Waals surface area (Å²) in [5.41, 5.74) is 5.94. The number of carbonyl (C=O) groups is 2. The van der Waals surface area contributed by atoms with Gasteiger partial charge in [0.2, 0.25) is 0 Å². The minimum atomic E-state index is -1.00. The van der Waals surface area contributed by atoms with Crippen LogP contribution in [-0.4, -0.2) is 77.1 Å². The predicted molar refractivity (Wildman–Crippen MR) is 176 cm³/mol. The van der Waals surface area contributed by atoms with Crippen molar-refractivity contribution in [3.05, 3.63) is 72.6 Å². The van der Waals surface area contributed by atoms with Gasteiger partial charge in [-0.05, 0) is 59.8 Å². The molecule has 2 aromatic carbocycles. The number of aromatic amines is 2. The van der Waals surface area contributed by atoms with Crippen LogP contribution in [0.15, 0.2) is 60.9 Å². The van der Waals surface area contributed by atoms with Crippen LogP contribution in [0.25, 0.3) is 33.6 Å². The van der Waals surface area contributed by atoms with Crippen LogP contribution in [0.5, 0.6) is 0 Å². The van der Waals surface area contributed by atoms with E-state index in [2.05, 4.69) is 68.5 Å². The molecular formula is C36H44N6O4. The van der Waals surface area contributed by atoms with Gasteiger partial charge in [-0.15, -0.1) is 0 Å². The van der Waals surface area contributed by atoms with Gasteiger partial charge in [-0.25, -0.2) is 9.97 Å². The summed E-state index contributed by atoms with van der Waals surface area (Å²) >= 11 is 0. The molecule has 0 bridgehead atoms. The van der Waals surface area contributed by atoms with E-state index in [4.69, 9.17) is 0 Å². The van der Waals surface area contributed by atoms with Crippen molar-refractivity contribution >= 4 is 11.8 Å². The molecule has 10 nitrogen and oxygen atoms in total. The SMILES string of the molecule is CC(C)C(O)C(=O)N1CCC[C@H]1c1ncc(-c2ccc(-c3ccc(-c4cnc([C@@H]5CCCN5C(=O)[C@@H](O)C(C)C)[nH]4)cc3)cc2)[nH]1. The summed E-state index contributed by atoms with van der Waals surface area (Å²) in [5, 5.41) is 20.7. The Morgan fingerprint density at radius 2 is 1.00 bits per heavy atom. The van der Waals surface area contributed by atoms with Crippen molar-refractivity contribution in [3.8, 4) is 33.6 Å². The highest BCUT2D eigenvalue weighted by Gasteiger charge is 2.37. The average molecular weight is 625 g/mol. The lowest BCUT2D eigenvalue weighted by Crippen LogP contribution is -2.41. The lowest BCUT2D eigenvalue weighted by Gasteiger charge is -2.27. The molecule has 4 atom stereocenters. The molecular weight excluding hydrogens is 580 g/mol. The molecule has 4 N–H and O–H groups in total. The minimum Gasteiger partial charge on any atom is -0.383 e. The Labute approximate surface area is 269 Å². The van der Waals surface area contributed by atoms with E-state index in [1.807, 2.05) is 40.1 Å². The topological polar surface area (TPSA) is 138 Å². The Hall–Kier alpha value is -4.28. The molecule has 2 aliphatic heterocycles. The Morgan fingerprint density at radius 3 is 1.35 bits per heavy atom. The van der Waals surface area contributed by atoms with E-state index in [-0.39, 0.29) is 35.7 Å². The standard InChI is InChI=1S/C36H44N6O4/c1-21(2)31(43)35(45)41-17-5-7-29(41)33-37-19-27(39-33)25-13-9-23(10-14-25)24-11-15-26(16-12-24)28-20-38-34(40-28)30-8-6-18-42(30)36(46)32(44)22(3)4/h9-16,19-22,29-32,43-44H,5-8,17-18H2,1-4H3,(H,37,39)(H,38,40)/t29-,30-,31-,32?/m0/s1. The van der Waals surface area contributed by atoms with E-state index in [1.54, 1.807) is 9.80 Å². The summed E-state index contributed by atoms with van der Waals surface area (Å²) in [7, 11) is 0. The highest BCUT2D eigenvalue weighted by Crippen LogP contribution is 2.35. The molecule has 2 fully saturated rings. The van der Waals surface area contributed by atoms with Crippen molar-refractivity contribution in [2.24, 2.45) is 11.8 Å². The van der Waals surface area contributed by atoms with Gasteiger partial charge in [-0.1, -0.05) is 76.2 Å². The quantitative estimate of drug-likeness (QED) is 0.194. The van der Waals surface area contributed by atoms with Gasteiger partial charge < -0.3 is 30.0 Å². The molecule has 46 heavy (non-hydrogen) atoms. The first-order chi connectivity index (χ1) is 22.1. The number of H-pyrrole nitrogens is 2. The lowest BCUT2D eigenvalue weighted by atomic mass is 10.0. The lowest BCUT2D eigenvalue weighted by molar-refractivity contribution is -0.144. The number of aliphatic hydroxyl groups is 2. The molecule has 6 rings (SSSR count). The van der Waals surface area contributed by atoms with Crippen LogP contribution >= 0.6 is 0 Å². The second-order valence-corrected chi connectivity index (χ2v) is 13.3. The van der Waals surface area contributed by atoms with Gasteiger partial charge in [-0.2, -0.15) is 0 Å². The van der Waals surface area contributed by atoms with Crippen LogP contribution in [0.4, 0.5) is 0 Å². The number of aromatic nitrogens is 4. The smallest absolute Gasteiger partial charge is 0.252 e. The molecule has 0 saturated carbocycles. The molecule has 1 unspecified atom stereocenters. The third kappa shape index (κ3) is 6.24. The van der Waals surface area contributed by atoms with Gasteiger partial charge in [-0.3, -0.25) is 9.59 Å². The third-order valence-electron chi connectivity index (χ3n) is 9.39. The summed E-state index contributed by atoms with van der Waals surface area (Å²) in [4.78, 5) is 45.3. The minimum absolute atomic E-state index is 0.133. The maximum Gasteiger partial charge on any atom is 0.252 e. The van der Waals surface area contributed by atoms with Gasteiger partial charge in [0.15, 0.2) is 0 Å². The first-order valence-electron chi connectivity index (χ1n) is 16.4. The molecule has 4 heterocycles. The normalized spacial score (nSPS) is 19.7. The molecule has 0 radical (unpaired) electrons. The van der Waals surface area contributed by atoms with Crippen LogP contribution < -0.4 is 0 Å². The number of imidazole rings is 2. The second-order valence-electron chi connectivity index (χ2n) is 13.3. The maximum atomic E-state index is 12.9. The zero-order chi connectivity index (χ0) is 32.5. The monoisotopic (exact) mass is 624 g/mol. The molecule has 2 aliphatic rings. The van der Waals surface area contributed by atoms with Crippen LogP contribution in [0, 0.1) is 11.8 Å². The molecule has 10 heteroatoms. The van der Waals surface area contributed by atoms with Gasteiger partial charge >= 0.3 is 0 Å². The highest BCUT2D eigenvalue weighted by atomic mass is 16.3. The van der Waals surface area contributed by atoms with E-state index in [1.165, 1.54) is 0 Å². The van der Waals surface area contributed by atoms with Crippen LogP contribution in [0.2, 0.25) is 0 Å². The molecule has 242 valence electrons. The van der Waals surface area contributed by atoms with Crippen LogP contribution in [0.3, 0.4) is 0 Å². The van der Waals surface area contributed by atoms with Crippen LogP contribution in [0.1, 0.15) is 77.1 Å². The largest absolute Gasteiger partial charge is 0.383 e. The fourth-order valence-corrected chi connectivity index (χ4v) is 6.53. The number of hydrogen-bond acceptors (Lipinski definition) is 6. The van der Waals surface area contributed by atoms with Crippen molar-refractivity contribution in [1.29, 1.82) is 0 Å². The van der Waals surface area contributed by atoms with Crippen molar-refractivity contribution < 1.29 is 19.8 Å². The van der Waals surface area contributed by atoms with Crippen molar-refractivity contribution in [3.63, 3.8) is 0 Å². The number of nitrogens with one attached hydrogen (secondary N) is 2. The predicted octanol–water partition coefficient (Wildman–Crippen LogP) is 5.49. The Balaban J connectivity index is 1.12. The van der Waals surface area contributed by atoms with Crippen molar-refractivity contribution in [1.82, 2.24) is 29.7 Å². The van der Waals surface area contributed by atoms with Gasteiger partial charge in [0.05, 0.1) is 35.9 Å². The van der Waals surface area contributed by atoms with E-state index in [9.17, 15) is 19.8 Å². The van der Waals surface area contributed by atoms with Gasteiger partial charge in [0.25, 0.3) is 11.8 Å². The number of rotatable bonds is 9. The number of aliphatic hydroxyl groups excluding tert-OH is 2. The Morgan fingerprint density at radius 1 is 0.652 bits per heavy atom. The first kappa shape index (κ1) is 31.7. The number of nitrogens with zero attached hydrogens (tertiary/aromatic N) is 4. The summed E-state index contributed by atoms with van der Waals surface area (Å²) < 4.78 is 0. The molecule has 0 spiro atoms. The van der Waals surface area contributed by atoms with E-state index >= 15 is 0 Å². The first-order valence-corrected chi connectivity index (χ1v) is 16.4. The van der Waals surface area contributed by atoms with E-state index < -0.39 is 12.2 Å². The van der Waals surface area contributed by atoms with Crippen LogP contribution in [-0.2, 0) is 9.59 Å². The number of hydrogen-bond donors (Lipinski definition) is 4. The molecule has 2 aromatic heterocycles. The van der Waals surface area contributed by atoms with Gasteiger partial charge in [0, 0.05) is 13.1 Å². The summed E-state index contributed by atoms with van der Waals surface area (Å²) in [6.45, 7) is 8.65. The Kier molecular flexibility index (Phi) is 9.11. The van der Waals surface area contributed by atoms with Gasteiger partial charge in [0.1, 0.15) is 23.9 Å². The number of likely N-dealkylation sites (tertiary alicyclic amines) is 2. The third-order valence-corrected chi connectivity index (χ3v) is 9.39. The number of benzene rings is 2. The fraction of sp³-hybridized carbons (Fsp3) is 0.444. The van der Waals surface area contributed by atoms with E-state index in [0.717, 1.165) is 71.0 Å². The molecule has 4 aromatic rings. The zero-order valence-corrected chi connectivity index (χ0v) is 27.0. The zero-order valence-electron chi connectivity index (χ0n) is 27.0. The average Bonchev–Trinajstić information content (AvgIpc) is 3.89. The summed E-state index contributed by atoms with van der Waals surface area (Å²) in [5.74, 6) is 0.775. The number of carbonyl (C=O) groups excluding carboxylic acids is 2. The summed E-state index contributed by atoms with van der Waals surface area (Å²) in [6, 6.07) is 16.3. The fourth-order valence-electron chi connectivity index (χ4n) is 6.53. The molecule has 2 saturated heterocycles.